The molecule has 0 fully saturated rings. The molecule has 0 saturated heterocycles. The third-order valence-electron chi connectivity index (χ3n) is 1.95. The number of aliphatic hydroxyl groups excluding tert-OH is 1. The molecule has 84 valence electrons. The summed E-state index contributed by atoms with van der Waals surface area (Å²) in [5, 5.41) is 8.55. The van der Waals surface area contributed by atoms with Crippen molar-refractivity contribution in [3.8, 4) is 0 Å². The molecule has 0 amide bonds. The quantitative estimate of drug-likeness (QED) is 0.600. The van der Waals surface area contributed by atoms with Crippen LogP contribution in [-0.4, -0.2) is 17.5 Å². The molecular formula is C11H14F2OS. The fraction of sp³-hybridized carbons (Fsp3) is 0.455. The standard InChI is InChI=1S/C11H14F2OS/c12-9-4-5-10(13)11(8-9)15-7-3-1-2-6-14/h4-5,8,14H,1-3,6-7H2. The maximum atomic E-state index is 13.1. The van der Waals surface area contributed by atoms with E-state index < -0.39 is 5.82 Å². The van der Waals surface area contributed by atoms with Crippen LogP contribution in [-0.2, 0) is 0 Å². The highest BCUT2D eigenvalue weighted by Crippen LogP contribution is 2.23. The van der Waals surface area contributed by atoms with E-state index in [2.05, 4.69) is 0 Å². The zero-order valence-electron chi connectivity index (χ0n) is 8.38. The SMILES string of the molecule is OCCCCCSc1cc(F)ccc1F. The molecule has 0 aliphatic heterocycles. The zero-order valence-corrected chi connectivity index (χ0v) is 9.20. The molecule has 1 N–H and O–H groups in total. The lowest BCUT2D eigenvalue weighted by atomic mass is 10.3. The minimum Gasteiger partial charge on any atom is -0.396 e. The molecular weight excluding hydrogens is 218 g/mol. The Kier molecular flexibility index (Phi) is 5.65. The summed E-state index contributed by atoms with van der Waals surface area (Å²) in [6.45, 7) is 0.193. The van der Waals surface area contributed by atoms with E-state index in [1.807, 2.05) is 0 Å². The molecule has 0 atom stereocenters. The first-order valence-electron chi connectivity index (χ1n) is 4.93. The average molecular weight is 232 g/mol. The highest BCUT2D eigenvalue weighted by Gasteiger charge is 2.03. The van der Waals surface area contributed by atoms with Crippen LogP contribution >= 0.6 is 11.8 Å². The summed E-state index contributed by atoms with van der Waals surface area (Å²) in [7, 11) is 0. The zero-order chi connectivity index (χ0) is 11.1. The third kappa shape index (κ3) is 4.62. The molecule has 0 spiro atoms. The van der Waals surface area contributed by atoms with Crippen molar-refractivity contribution >= 4 is 11.8 Å². The second kappa shape index (κ2) is 6.80. The Morgan fingerprint density at radius 1 is 1.13 bits per heavy atom. The first kappa shape index (κ1) is 12.5. The number of halogens is 2. The van der Waals surface area contributed by atoms with Crippen molar-refractivity contribution in [1.82, 2.24) is 0 Å². The van der Waals surface area contributed by atoms with Gasteiger partial charge in [-0.25, -0.2) is 8.78 Å². The molecule has 0 heterocycles. The molecule has 0 unspecified atom stereocenters. The van der Waals surface area contributed by atoms with Crippen LogP contribution in [0.25, 0.3) is 0 Å². The van der Waals surface area contributed by atoms with Crippen molar-refractivity contribution < 1.29 is 13.9 Å². The number of unbranched alkanes of at least 4 members (excludes halogenated alkanes) is 2. The monoisotopic (exact) mass is 232 g/mol. The van der Waals surface area contributed by atoms with Gasteiger partial charge in [-0.05, 0) is 36.8 Å². The summed E-state index contributed by atoms with van der Waals surface area (Å²) in [5.74, 6) is -0.0294. The minimum atomic E-state index is -0.408. The molecule has 0 bridgehead atoms. The topological polar surface area (TPSA) is 20.2 Å². The molecule has 4 heteroatoms. The summed E-state index contributed by atoms with van der Waals surface area (Å²) in [6.07, 6.45) is 2.59. The summed E-state index contributed by atoms with van der Waals surface area (Å²) in [4.78, 5) is 0.360. The van der Waals surface area contributed by atoms with Gasteiger partial charge in [0.2, 0.25) is 0 Å². The Hall–Kier alpha value is -0.610. The lowest BCUT2D eigenvalue weighted by Gasteiger charge is -2.02. The van der Waals surface area contributed by atoms with Gasteiger partial charge < -0.3 is 5.11 Å². The van der Waals surface area contributed by atoms with E-state index in [1.54, 1.807) is 0 Å². The van der Waals surface area contributed by atoms with E-state index >= 15 is 0 Å². The van der Waals surface area contributed by atoms with Crippen LogP contribution in [0, 0.1) is 11.6 Å². The highest BCUT2D eigenvalue weighted by atomic mass is 32.2. The molecule has 1 rings (SSSR count). The van der Waals surface area contributed by atoms with Crippen molar-refractivity contribution in [3.05, 3.63) is 29.8 Å². The lowest BCUT2D eigenvalue weighted by Crippen LogP contribution is -1.88. The molecule has 0 aromatic heterocycles. The van der Waals surface area contributed by atoms with Gasteiger partial charge >= 0.3 is 0 Å². The van der Waals surface area contributed by atoms with Crippen LogP contribution in [0.5, 0.6) is 0 Å². The van der Waals surface area contributed by atoms with Crippen molar-refractivity contribution in [2.75, 3.05) is 12.4 Å². The largest absolute Gasteiger partial charge is 0.396 e. The van der Waals surface area contributed by atoms with Gasteiger partial charge in [0.1, 0.15) is 11.6 Å². The number of aliphatic hydroxyl groups is 1. The van der Waals surface area contributed by atoms with Gasteiger partial charge in [0.15, 0.2) is 0 Å². The number of benzene rings is 1. The molecule has 1 aromatic carbocycles. The minimum absolute atomic E-state index is 0.193. The summed E-state index contributed by atoms with van der Waals surface area (Å²) >= 11 is 1.32. The fourth-order valence-corrected chi connectivity index (χ4v) is 2.13. The molecule has 0 radical (unpaired) electrons. The molecule has 1 aromatic rings. The van der Waals surface area contributed by atoms with E-state index in [1.165, 1.54) is 17.8 Å². The van der Waals surface area contributed by atoms with E-state index in [0.717, 1.165) is 37.1 Å². The Balaban J connectivity index is 2.33. The summed E-state index contributed by atoms with van der Waals surface area (Å²) < 4.78 is 25.9. The summed E-state index contributed by atoms with van der Waals surface area (Å²) in [6, 6.07) is 3.47. The van der Waals surface area contributed by atoms with Crippen LogP contribution in [0.4, 0.5) is 8.78 Å². The van der Waals surface area contributed by atoms with Gasteiger partial charge in [-0.15, -0.1) is 11.8 Å². The number of hydrogen-bond donors (Lipinski definition) is 1. The van der Waals surface area contributed by atoms with Crippen molar-refractivity contribution in [1.29, 1.82) is 0 Å². The number of hydrogen-bond acceptors (Lipinski definition) is 2. The lowest BCUT2D eigenvalue weighted by molar-refractivity contribution is 0.284. The fourth-order valence-electron chi connectivity index (χ4n) is 1.16. The predicted octanol–water partition coefficient (Wildman–Crippen LogP) is 3.22. The maximum Gasteiger partial charge on any atom is 0.136 e. The van der Waals surface area contributed by atoms with E-state index in [9.17, 15) is 8.78 Å². The van der Waals surface area contributed by atoms with Crippen LogP contribution in [0.2, 0.25) is 0 Å². The van der Waals surface area contributed by atoms with Crippen molar-refractivity contribution in [2.45, 2.75) is 24.2 Å². The Morgan fingerprint density at radius 3 is 2.67 bits per heavy atom. The van der Waals surface area contributed by atoms with Crippen LogP contribution in [0.1, 0.15) is 19.3 Å². The van der Waals surface area contributed by atoms with Crippen molar-refractivity contribution in [2.24, 2.45) is 0 Å². The summed E-state index contributed by atoms with van der Waals surface area (Å²) in [5.41, 5.74) is 0. The van der Waals surface area contributed by atoms with Gasteiger partial charge in [0.05, 0.1) is 0 Å². The molecule has 0 aliphatic carbocycles. The Morgan fingerprint density at radius 2 is 1.93 bits per heavy atom. The van der Waals surface area contributed by atoms with Crippen LogP contribution in [0.15, 0.2) is 23.1 Å². The van der Waals surface area contributed by atoms with E-state index in [4.69, 9.17) is 5.11 Å². The second-order valence-electron chi connectivity index (χ2n) is 3.21. The Labute approximate surface area is 92.5 Å². The van der Waals surface area contributed by atoms with E-state index in [0.29, 0.717) is 4.90 Å². The van der Waals surface area contributed by atoms with Gasteiger partial charge in [0.25, 0.3) is 0 Å². The van der Waals surface area contributed by atoms with E-state index in [-0.39, 0.29) is 12.4 Å². The van der Waals surface area contributed by atoms with Crippen molar-refractivity contribution in [3.63, 3.8) is 0 Å². The first-order chi connectivity index (χ1) is 7.24. The first-order valence-corrected chi connectivity index (χ1v) is 5.91. The number of rotatable bonds is 6. The molecule has 0 saturated carbocycles. The second-order valence-corrected chi connectivity index (χ2v) is 4.34. The average Bonchev–Trinajstić information content (AvgIpc) is 2.23. The molecule has 15 heavy (non-hydrogen) atoms. The van der Waals surface area contributed by atoms with Gasteiger partial charge in [-0.3, -0.25) is 0 Å². The van der Waals surface area contributed by atoms with Crippen LogP contribution in [0.3, 0.4) is 0 Å². The Bertz CT molecular complexity index is 305. The molecule has 1 nitrogen and oxygen atoms in total. The maximum absolute atomic E-state index is 13.1. The molecule has 0 aliphatic rings. The van der Waals surface area contributed by atoms with Gasteiger partial charge in [-0.1, -0.05) is 6.42 Å². The normalized spacial score (nSPS) is 10.6. The smallest absolute Gasteiger partial charge is 0.136 e. The van der Waals surface area contributed by atoms with Gasteiger partial charge in [0, 0.05) is 11.5 Å². The predicted molar refractivity (Wildman–Crippen MR) is 58.0 cm³/mol. The van der Waals surface area contributed by atoms with Crippen LogP contribution < -0.4 is 0 Å². The van der Waals surface area contributed by atoms with Gasteiger partial charge in [-0.2, -0.15) is 0 Å². The third-order valence-corrected chi connectivity index (χ3v) is 3.07. The number of thioether (sulfide) groups is 1. The highest BCUT2D eigenvalue weighted by molar-refractivity contribution is 7.99.